The molecule has 0 atom stereocenters. The molecular weight excluding hydrogens is 437 g/mol. The molecule has 31 heavy (non-hydrogen) atoms. The maximum atomic E-state index is 14.4. The molecule has 0 spiro atoms. The van der Waals surface area contributed by atoms with Crippen molar-refractivity contribution in [2.24, 2.45) is 0 Å². The van der Waals surface area contributed by atoms with E-state index in [2.05, 4.69) is 25.3 Å². The lowest BCUT2D eigenvalue weighted by Gasteiger charge is -2.22. The van der Waals surface area contributed by atoms with E-state index in [9.17, 15) is 12.8 Å². The average molecular weight is 464 g/mol. The van der Waals surface area contributed by atoms with Crippen LogP contribution in [0, 0.1) is 12.7 Å². The Balaban J connectivity index is 1.74. The predicted octanol–water partition coefficient (Wildman–Crippen LogP) is 4.29. The third-order valence-corrected chi connectivity index (χ3v) is 6.33. The van der Waals surface area contributed by atoms with E-state index in [0.29, 0.717) is 30.0 Å². The molecule has 0 radical (unpaired) electrons. The zero-order valence-electron chi connectivity index (χ0n) is 17.9. The fourth-order valence-electron chi connectivity index (χ4n) is 2.84. The number of aryl methyl sites for hydroxylation is 1. The Morgan fingerprint density at radius 2 is 1.90 bits per heavy atom. The molecule has 0 unspecified atom stereocenters. The van der Waals surface area contributed by atoms with Crippen molar-refractivity contribution in [3.63, 3.8) is 0 Å². The number of nitrogens with one attached hydrogen (secondary N) is 3. The van der Waals surface area contributed by atoms with Gasteiger partial charge in [-0.3, -0.25) is 4.72 Å². The predicted molar refractivity (Wildman–Crippen MR) is 122 cm³/mol. The summed E-state index contributed by atoms with van der Waals surface area (Å²) in [5, 5.41) is 8.06. The number of hydrogen-bond acceptors (Lipinski definition) is 7. The maximum absolute atomic E-state index is 14.4. The summed E-state index contributed by atoms with van der Waals surface area (Å²) in [7, 11) is -3.83. The van der Waals surface area contributed by atoms with Crippen molar-refractivity contribution in [1.82, 2.24) is 15.3 Å². The molecule has 0 fully saturated rings. The average Bonchev–Trinajstić information content (AvgIpc) is 3.17. The van der Waals surface area contributed by atoms with E-state index >= 15 is 0 Å². The molecule has 2 aromatic heterocycles. The molecule has 0 aliphatic heterocycles. The summed E-state index contributed by atoms with van der Waals surface area (Å²) in [5.74, 6) is -0.00499. The number of hydrogen-bond donors (Lipinski definition) is 3. The second kappa shape index (κ2) is 9.29. The number of benzene rings is 1. The van der Waals surface area contributed by atoms with Crippen molar-refractivity contribution < 1.29 is 12.8 Å². The van der Waals surface area contributed by atoms with Crippen molar-refractivity contribution in [1.29, 1.82) is 0 Å². The highest BCUT2D eigenvalue weighted by molar-refractivity contribution is 7.92. The molecule has 166 valence electrons. The molecule has 7 nitrogen and oxygen atoms in total. The Labute approximate surface area is 186 Å². The van der Waals surface area contributed by atoms with Gasteiger partial charge in [-0.25, -0.2) is 14.4 Å². The van der Waals surface area contributed by atoms with E-state index in [4.69, 9.17) is 0 Å². The van der Waals surface area contributed by atoms with Crippen molar-refractivity contribution in [3.8, 4) is 0 Å². The van der Waals surface area contributed by atoms with Crippen molar-refractivity contribution in [2.75, 3.05) is 10.0 Å². The number of aromatic nitrogens is 2. The number of halogens is 1. The van der Waals surface area contributed by atoms with Crippen LogP contribution in [-0.4, -0.2) is 23.9 Å². The molecule has 0 amide bonds. The van der Waals surface area contributed by atoms with Crippen LogP contribution < -0.4 is 15.4 Å². The topological polar surface area (TPSA) is 96.0 Å². The monoisotopic (exact) mass is 463 g/mol. The smallest absolute Gasteiger partial charge is 0.280 e. The SMILES string of the molecule is Cc1nc(S(=O)(=O)Nc2cscn2)ccc1NCc1cccc(F)c1CNC(C)(C)C. The normalized spacial score (nSPS) is 12.0. The molecule has 1 aromatic carbocycles. The van der Waals surface area contributed by atoms with E-state index < -0.39 is 10.0 Å². The van der Waals surface area contributed by atoms with Crippen LogP contribution >= 0.6 is 11.3 Å². The van der Waals surface area contributed by atoms with Crippen LogP contribution in [0.2, 0.25) is 0 Å². The summed E-state index contributed by atoms with van der Waals surface area (Å²) in [5.41, 5.74) is 4.02. The van der Waals surface area contributed by atoms with Gasteiger partial charge in [-0.2, -0.15) is 8.42 Å². The molecule has 10 heteroatoms. The summed E-state index contributed by atoms with van der Waals surface area (Å²) in [6.07, 6.45) is 0. The lowest BCUT2D eigenvalue weighted by atomic mass is 10.0. The lowest BCUT2D eigenvalue weighted by Crippen LogP contribution is -2.35. The molecule has 3 aromatic rings. The van der Waals surface area contributed by atoms with Gasteiger partial charge in [-0.15, -0.1) is 11.3 Å². The van der Waals surface area contributed by atoms with E-state index in [1.54, 1.807) is 29.9 Å². The van der Waals surface area contributed by atoms with E-state index in [1.165, 1.54) is 23.5 Å². The Morgan fingerprint density at radius 3 is 2.55 bits per heavy atom. The van der Waals surface area contributed by atoms with Gasteiger partial charge in [0.15, 0.2) is 10.8 Å². The van der Waals surface area contributed by atoms with Crippen LogP contribution in [0.3, 0.4) is 0 Å². The second-order valence-corrected chi connectivity index (χ2v) is 10.4. The highest BCUT2D eigenvalue weighted by Crippen LogP contribution is 2.21. The first-order chi connectivity index (χ1) is 14.5. The van der Waals surface area contributed by atoms with Crippen LogP contribution in [0.15, 0.2) is 46.2 Å². The highest BCUT2D eigenvalue weighted by Gasteiger charge is 2.18. The number of sulfonamides is 1. The third kappa shape index (κ3) is 6.22. The van der Waals surface area contributed by atoms with Crippen LogP contribution in [0.5, 0.6) is 0 Å². The standard InChI is InChI=1S/C21H26FN5O2S2/c1-14-18(8-9-20(26-14)31(28,29)27-19-12-30-13-24-19)23-10-15-6-5-7-17(22)16(15)11-25-21(2,3)4/h5-9,12-13,23,25,27H,10-11H2,1-4H3. The third-order valence-electron chi connectivity index (χ3n) is 4.49. The molecule has 3 N–H and O–H groups in total. The maximum Gasteiger partial charge on any atom is 0.280 e. The van der Waals surface area contributed by atoms with Gasteiger partial charge in [-0.05, 0) is 51.5 Å². The number of nitrogens with zero attached hydrogens (tertiary/aromatic N) is 2. The van der Waals surface area contributed by atoms with E-state index in [-0.39, 0.29) is 22.2 Å². The number of pyridine rings is 1. The van der Waals surface area contributed by atoms with Gasteiger partial charge < -0.3 is 10.6 Å². The van der Waals surface area contributed by atoms with Gasteiger partial charge in [0.05, 0.1) is 16.9 Å². The van der Waals surface area contributed by atoms with Gasteiger partial charge in [0.2, 0.25) is 0 Å². The number of thiazole rings is 1. The minimum Gasteiger partial charge on any atom is -0.379 e. The fraction of sp³-hybridized carbons (Fsp3) is 0.333. The molecule has 3 rings (SSSR count). The molecule has 2 heterocycles. The minimum absolute atomic E-state index is 0.0932. The van der Waals surface area contributed by atoms with Gasteiger partial charge in [-0.1, -0.05) is 12.1 Å². The summed E-state index contributed by atoms with van der Waals surface area (Å²) in [6.45, 7) is 8.59. The Bertz CT molecular complexity index is 1140. The van der Waals surface area contributed by atoms with E-state index in [0.717, 1.165) is 5.56 Å². The first-order valence-corrected chi connectivity index (χ1v) is 12.1. The first kappa shape index (κ1) is 23.1. The van der Waals surface area contributed by atoms with Crippen LogP contribution in [0.25, 0.3) is 0 Å². The van der Waals surface area contributed by atoms with E-state index in [1.807, 2.05) is 26.8 Å². The zero-order valence-corrected chi connectivity index (χ0v) is 19.5. The number of anilines is 2. The fourth-order valence-corrected chi connectivity index (χ4v) is 4.39. The second-order valence-electron chi connectivity index (χ2n) is 8.10. The van der Waals surface area contributed by atoms with Crippen LogP contribution in [0.1, 0.15) is 37.6 Å². The molecule has 0 saturated carbocycles. The summed E-state index contributed by atoms with van der Waals surface area (Å²) in [6, 6.07) is 8.08. The molecule has 0 saturated heterocycles. The van der Waals surface area contributed by atoms with Gasteiger partial charge >= 0.3 is 0 Å². The van der Waals surface area contributed by atoms with Gasteiger partial charge in [0, 0.05) is 29.6 Å². The first-order valence-electron chi connectivity index (χ1n) is 9.69. The van der Waals surface area contributed by atoms with Crippen molar-refractivity contribution >= 4 is 32.9 Å². The summed E-state index contributed by atoms with van der Waals surface area (Å²) >= 11 is 1.29. The summed E-state index contributed by atoms with van der Waals surface area (Å²) < 4.78 is 41.8. The van der Waals surface area contributed by atoms with Crippen molar-refractivity contribution in [2.45, 2.75) is 51.3 Å². The number of rotatable bonds is 8. The zero-order chi connectivity index (χ0) is 22.6. The molecule has 0 aliphatic carbocycles. The molecular formula is C21H26FN5O2S2. The quantitative estimate of drug-likeness (QED) is 0.461. The lowest BCUT2D eigenvalue weighted by molar-refractivity contribution is 0.417. The van der Waals surface area contributed by atoms with Crippen LogP contribution in [0.4, 0.5) is 15.9 Å². The Kier molecular flexibility index (Phi) is 6.93. The Morgan fingerprint density at radius 1 is 1.13 bits per heavy atom. The minimum atomic E-state index is -3.83. The summed E-state index contributed by atoms with van der Waals surface area (Å²) in [4.78, 5) is 8.15. The van der Waals surface area contributed by atoms with Crippen molar-refractivity contribution in [3.05, 3.63) is 63.9 Å². The van der Waals surface area contributed by atoms with Crippen LogP contribution in [-0.2, 0) is 23.1 Å². The largest absolute Gasteiger partial charge is 0.379 e. The van der Waals surface area contributed by atoms with Gasteiger partial charge in [0.25, 0.3) is 10.0 Å². The highest BCUT2D eigenvalue weighted by atomic mass is 32.2. The molecule has 0 aliphatic rings. The van der Waals surface area contributed by atoms with Gasteiger partial charge in [0.1, 0.15) is 5.82 Å². The Hall–Kier alpha value is -2.56. The molecule has 0 bridgehead atoms.